The molecule has 2 aliphatic heterocycles. The van der Waals surface area contributed by atoms with Gasteiger partial charge >= 0.3 is 0 Å². The molecule has 0 amide bonds. The van der Waals surface area contributed by atoms with Gasteiger partial charge in [-0.2, -0.15) is 0 Å². The van der Waals surface area contributed by atoms with E-state index in [-0.39, 0.29) is 0 Å². The molecule has 0 spiro atoms. The summed E-state index contributed by atoms with van der Waals surface area (Å²) in [6, 6.07) is 15.3. The van der Waals surface area contributed by atoms with Crippen molar-refractivity contribution < 1.29 is 14.2 Å². The molecule has 2 fully saturated rings. The average Bonchev–Trinajstić information content (AvgIpc) is 2.95. The number of fused-ring (bicyclic) bond motifs is 2. The number of piperidine rings is 1. The predicted molar refractivity (Wildman–Crippen MR) is 112 cm³/mol. The molecule has 5 heteroatoms. The third-order valence-electron chi connectivity index (χ3n) is 6.51. The summed E-state index contributed by atoms with van der Waals surface area (Å²) < 4.78 is 17.3. The summed E-state index contributed by atoms with van der Waals surface area (Å²) >= 11 is 6.30. The zero-order valence-electron chi connectivity index (χ0n) is 16.7. The molecule has 0 saturated carbocycles. The summed E-state index contributed by atoms with van der Waals surface area (Å²) in [4.78, 5) is 2.55. The Morgan fingerprint density at radius 2 is 1.82 bits per heavy atom. The van der Waals surface area contributed by atoms with Crippen molar-refractivity contribution in [3.8, 4) is 17.2 Å². The van der Waals surface area contributed by atoms with E-state index in [2.05, 4.69) is 30.1 Å². The minimum Gasteiger partial charge on any atom is -0.493 e. The van der Waals surface area contributed by atoms with E-state index in [0.29, 0.717) is 42.0 Å². The van der Waals surface area contributed by atoms with E-state index < -0.39 is 0 Å². The van der Waals surface area contributed by atoms with Crippen molar-refractivity contribution in [3.63, 3.8) is 0 Å². The molecule has 0 radical (unpaired) electrons. The van der Waals surface area contributed by atoms with Gasteiger partial charge in [0.25, 0.3) is 0 Å². The molecule has 2 saturated heterocycles. The van der Waals surface area contributed by atoms with E-state index >= 15 is 0 Å². The predicted octanol–water partition coefficient (Wildman–Crippen LogP) is 5.00. The van der Waals surface area contributed by atoms with Crippen LogP contribution < -0.4 is 14.2 Å². The van der Waals surface area contributed by atoms with Gasteiger partial charge in [-0.1, -0.05) is 29.8 Å². The molecule has 2 heterocycles. The van der Waals surface area contributed by atoms with Crippen LogP contribution in [0.2, 0.25) is 5.02 Å². The van der Waals surface area contributed by atoms with Crippen LogP contribution in [-0.4, -0.2) is 44.9 Å². The Bertz CT molecular complexity index is 827. The van der Waals surface area contributed by atoms with Crippen molar-refractivity contribution in [1.82, 2.24) is 4.90 Å². The van der Waals surface area contributed by atoms with Crippen molar-refractivity contribution >= 4 is 11.6 Å². The molecule has 0 aromatic heterocycles. The third-order valence-corrected chi connectivity index (χ3v) is 6.74. The maximum Gasteiger partial charge on any atom is 0.203 e. The lowest BCUT2D eigenvalue weighted by Crippen LogP contribution is -2.47. The Morgan fingerprint density at radius 3 is 2.57 bits per heavy atom. The molecule has 4 rings (SSSR count). The molecule has 0 N–H and O–H groups in total. The van der Waals surface area contributed by atoms with Gasteiger partial charge in [-0.15, -0.1) is 0 Å². The van der Waals surface area contributed by atoms with E-state index in [1.807, 2.05) is 24.3 Å². The number of rotatable bonds is 6. The molecule has 4 nitrogen and oxygen atoms in total. The molecular formula is C23H28ClNO3. The van der Waals surface area contributed by atoms with Crippen LogP contribution in [0.25, 0.3) is 0 Å². The second-order valence-corrected chi connectivity index (χ2v) is 8.26. The van der Waals surface area contributed by atoms with Crippen molar-refractivity contribution in [1.29, 1.82) is 0 Å². The van der Waals surface area contributed by atoms with Crippen LogP contribution in [0.15, 0.2) is 42.5 Å². The first kappa shape index (κ1) is 19.4. The second-order valence-electron chi connectivity index (χ2n) is 7.83. The van der Waals surface area contributed by atoms with E-state index in [9.17, 15) is 0 Å². The minimum atomic E-state index is 0.401. The smallest absolute Gasteiger partial charge is 0.203 e. The first-order chi connectivity index (χ1) is 13.6. The number of nitrogens with zero attached hydrogens (tertiary/aromatic N) is 1. The molecule has 2 aliphatic rings. The molecule has 150 valence electrons. The van der Waals surface area contributed by atoms with E-state index in [1.165, 1.54) is 18.4 Å². The Hall–Kier alpha value is -1.91. The normalized spacial score (nSPS) is 26.9. The number of benzene rings is 2. The van der Waals surface area contributed by atoms with Crippen molar-refractivity contribution in [2.75, 3.05) is 27.9 Å². The molecule has 2 unspecified atom stereocenters. The standard InChI is InChI=1S/C23H28ClNO3/c1-25-17-10-11-20(25)19(18(13-17)15-6-4-7-16(24)12-15)14-28-22-9-5-8-21(26-2)23(22)27-3/h4-9,12,17-20H,10-11,13-14H2,1-3H3/t17?,18-,19-,20?/m1/s1. The lowest BCUT2D eigenvalue weighted by Gasteiger charge is -2.43. The van der Waals surface area contributed by atoms with Crippen LogP contribution in [0.4, 0.5) is 0 Å². The maximum absolute atomic E-state index is 6.33. The van der Waals surface area contributed by atoms with Gasteiger partial charge in [-0.3, -0.25) is 0 Å². The van der Waals surface area contributed by atoms with Crippen LogP contribution in [0.1, 0.15) is 30.7 Å². The van der Waals surface area contributed by atoms with Crippen molar-refractivity contribution in [2.45, 2.75) is 37.3 Å². The van der Waals surface area contributed by atoms with Gasteiger partial charge in [-0.25, -0.2) is 0 Å². The Morgan fingerprint density at radius 1 is 1.04 bits per heavy atom. The summed E-state index contributed by atoms with van der Waals surface area (Å²) in [5.41, 5.74) is 1.32. The summed E-state index contributed by atoms with van der Waals surface area (Å²) in [5.74, 6) is 2.92. The third kappa shape index (κ3) is 3.56. The lowest BCUT2D eigenvalue weighted by atomic mass is 9.76. The van der Waals surface area contributed by atoms with Crippen LogP contribution in [0, 0.1) is 5.92 Å². The van der Waals surface area contributed by atoms with Crippen LogP contribution in [0.5, 0.6) is 17.2 Å². The Kier molecular flexibility index (Phi) is 5.70. The molecule has 2 aromatic carbocycles. The fourth-order valence-electron chi connectivity index (χ4n) is 5.08. The van der Waals surface area contributed by atoms with Gasteiger partial charge in [0.2, 0.25) is 5.75 Å². The summed E-state index contributed by atoms with van der Waals surface area (Å²) in [6.07, 6.45) is 3.63. The van der Waals surface area contributed by atoms with Gasteiger partial charge in [0, 0.05) is 23.0 Å². The average molecular weight is 402 g/mol. The lowest BCUT2D eigenvalue weighted by molar-refractivity contribution is 0.0656. The fourth-order valence-corrected chi connectivity index (χ4v) is 5.28. The number of hydrogen-bond acceptors (Lipinski definition) is 4. The summed E-state index contributed by atoms with van der Waals surface area (Å²) in [6.45, 7) is 0.641. The van der Waals surface area contributed by atoms with Crippen LogP contribution in [0.3, 0.4) is 0 Å². The Labute approximate surface area is 172 Å². The minimum absolute atomic E-state index is 0.401. The zero-order valence-corrected chi connectivity index (χ0v) is 17.5. The zero-order chi connectivity index (χ0) is 19.7. The number of methoxy groups -OCH3 is 2. The largest absolute Gasteiger partial charge is 0.493 e. The van der Waals surface area contributed by atoms with E-state index in [1.54, 1.807) is 14.2 Å². The highest BCUT2D eigenvalue weighted by atomic mass is 35.5. The Balaban J connectivity index is 1.60. The molecule has 4 atom stereocenters. The highest BCUT2D eigenvalue weighted by Crippen LogP contribution is 2.47. The fraction of sp³-hybridized carbons (Fsp3) is 0.478. The quantitative estimate of drug-likeness (QED) is 0.681. The van der Waals surface area contributed by atoms with Gasteiger partial charge in [0.15, 0.2) is 11.5 Å². The summed E-state index contributed by atoms with van der Waals surface area (Å²) in [7, 11) is 5.55. The second kappa shape index (κ2) is 8.22. The van der Waals surface area contributed by atoms with Gasteiger partial charge in [-0.05, 0) is 62.1 Å². The van der Waals surface area contributed by atoms with Crippen LogP contribution >= 0.6 is 11.6 Å². The number of para-hydroxylation sites is 1. The van der Waals surface area contributed by atoms with Gasteiger partial charge < -0.3 is 19.1 Å². The summed E-state index contributed by atoms with van der Waals surface area (Å²) in [5, 5.41) is 0.804. The number of halogens is 1. The van der Waals surface area contributed by atoms with Crippen molar-refractivity contribution in [2.24, 2.45) is 5.92 Å². The van der Waals surface area contributed by atoms with E-state index in [4.69, 9.17) is 25.8 Å². The highest BCUT2D eigenvalue weighted by Gasteiger charge is 2.46. The highest BCUT2D eigenvalue weighted by molar-refractivity contribution is 6.30. The number of ether oxygens (including phenoxy) is 3. The maximum atomic E-state index is 6.33. The van der Waals surface area contributed by atoms with Crippen LogP contribution in [-0.2, 0) is 0 Å². The molecule has 2 aromatic rings. The van der Waals surface area contributed by atoms with Gasteiger partial charge in [0.1, 0.15) is 0 Å². The molecular weight excluding hydrogens is 374 g/mol. The first-order valence-corrected chi connectivity index (χ1v) is 10.3. The van der Waals surface area contributed by atoms with Gasteiger partial charge in [0.05, 0.1) is 20.8 Å². The monoisotopic (exact) mass is 401 g/mol. The number of hydrogen-bond donors (Lipinski definition) is 0. The van der Waals surface area contributed by atoms with Crippen molar-refractivity contribution in [3.05, 3.63) is 53.1 Å². The molecule has 2 bridgehead atoms. The SMILES string of the molecule is COc1cccc(OC[C@H]2C3CCC(C[C@@H]2c2cccc(Cl)c2)N3C)c1OC. The topological polar surface area (TPSA) is 30.9 Å². The first-order valence-electron chi connectivity index (χ1n) is 9.93. The van der Waals surface area contributed by atoms with E-state index in [0.717, 1.165) is 17.2 Å². The molecule has 28 heavy (non-hydrogen) atoms. The molecule has 0 aliphatic carbocycles.